The van der Waals surface area contributed by atoms with Crippen molar-refractivity contribution in [2.45, 2.75) is 23.1 Å². The van der Waals surface area contributed by atoms with Crippen LogP contribution >= 0.6 is 50.4 Å². The number of carbonyl (C=O) groups is 2. The number of anilines is 1. The van der Waals surface area contributed by atoms with Crippen molar-refractivity contribution in [2.75, 3.05) is 18.9 Å². The highest BCUT2D eigenvalue weighted by atomic mass is 79.9. The van der Waals surface area contributed by atoms with Crippen LogP contribution < -0.4 is 5.32 Å². The molecule has 0 saturated heterocycles. The van der Waals surface area contributed by atoms with Gasteiger partial charge in [0.1, 0.15) is 0 Å². The molecule has 0 aliphatic rings. The zero-order valence-corrected chi connectivity index (χ0v) is 19.5. The molecule has 9 heteroatoms. The Balaban J connectivity index is 1.59. The van der Waals surface area contributed by atoms with Crippen LogP contribution in [0.5, 0.6) is 0 Å². The molecule has 0 saturated carbocycles. The normalized spacial score (nSPS) is 10.7. The second kappa shape index (κ2) is 9.21. The standard InChI is InChI=1S/C19H18BrN3O2S3/c1-11-8-13(27-19-21-12(2)10-26-19)4-5-14(11)22-17(24)9-23(3)18(25)15-6-7-16(20)28-15/h4-8,10H,9H2,1-3H3,(H,22,24). The van der Waals surface area contributed by atoms with E-state index in [1.165, 1.54) is 16.2 Å². The summed E-state index contributed by atoms with van der Waals surface area (Å²) >= 11 is 7.91. The highest BCUT2D eigenvalue weighted by Gasteiger charge is 2.17. The summed E-state index contributed by atoms with van der Waals surface area (Å²) in [7, 11) is 1.62. The van der Waals surface area contributed by atoms with Gasteiger partial charge in [-0.3, -0.25) is 9.59 Å². The summed E-state index contributed by atoms with van der Waals surface area (Å²) in [6.07, 6.45) is 0. The number of carbonyl (C=O) groups excluding carboxylic acids is 2. The lowest BCUT2D eigenvalue weighted by Crippen LogP contribution is -2.34. The van der Waals surface area contributed by atoms with Gasteiger partial charge < -0.3 is 10.2 Å². The summed E-state index contributed by atoms with van der Waals surface area (Å²) in [6.45, 7) is 3.91. The number of nitrogens with zero attached hydrogens (tertiary/aromatic N) is 2. The van der Waals surface area contributed by atoms with Crippen LogP contribution in [-0.2, 0) is 4.79 Å². The van der Waals surface area contributed by atoms with Crippen LogP contribution in [0.25, 0.3) is 0 Å². The number of aryl methyl sites for hydroxylation is 2. The Kier molecular flexibility index (Phi) is 6.92. The second-order valence-electron chi connectivity index (χ2n) is 6.15. The summed E-state index contributed by atoms with van der Waals surface area (Å²) in [5, 5.41) is 4.91. The minimum Gasteiger partial charge on any atom is -0.332 e. The minimum absolute atomic E-state index is 0.0112. The molecule has 0 aliphatic heterocycles. The van der Waals surface area contributed by atoms with Crippen LogP contribution in [0.1, 0.15) is 20.9 Å². The quantitative estimate of drug-likeness (QED) is 0.493. The van der Waals surface area contributed by atoms with Gasteiger partial charge in [0.15, 0.2) is 4.34 Å². The molecule has 0 radical (unpaired) electrons. The molecule has 146 valence electrons. The Bertz CT molecular complexity index is 1020. The number of likely N-dealkylation sites (N-methyl/N-ethyl adjacent to an activating group) is 1. The van der Waals surface area contributed by atoms with Gasteiger partial charge in [0.25, 0.3) is 5.91 Å². The molecule has 0 unspecified atom stereocenters. The van der Waals surface area contributed by atoms with Crippen LogP contribution in [0, 0.1) is 13.8 Å². The molecular weight excluding hydrogens is 478 g/mol. The lowest BCUT2D eigenvalue weighted by atomic mass is 10.2. The number of hydrogen-bond donors (Lipinski definition) is 1. The number of hydrogen-bond acceptors (Lipinski definition) is 6. The van der Waals surface area contributed by atoms with Gasteiger partial charge in [0.2, 0.25) is 5.91 Å². The maximum absolute atomic E-state index is 12.4. The molecule has 3 aromatic rings. The molecule has 0 fully saturated rings. The van der Waals surface area contributed by atoms with Crippen molar-refractivity contribution in [3.8, 4) is 0 Å². The van der Waals surface area contributed by atoms with E-state index < -0.39 is 0 Å². The SMILES string of the molecule is Cc1csc(Sc2ccc(NC(=O)CN(C)C(=O)c3ccc(Br)s3)c(C)c2)n1. The molecule has 2 aromatic heterocycles. The van der Waals surface area contributed by atoms with Crippen molar-refractivity contribution >= 4 is 67.9 Å². The van der Waals surface area contributed by atoms with Crippen molar-refractivity contribution in [2.24, 2.45) is 0 Å². The molecule has 1 aromatic carbocycles. The summed E-state index contributed by atoms with van der Waals surface area (Å²) in [5.74, 6) is -0.404. The number of nitrogens with one attached hydrogen (secondary N) is 1. The third-order valence-corrected chi connectivity index (χ3v) is 7.44. The lowest BCUT2D eigenvalue weighted by molar-refractivity contribution is -0.116. The summed E-state index contributed by atoms with van der Waals surface area (Å²) in [5.41, 5.74) is 2.72. The minimum atomic E-state index is -0.231. The topological polar surface area (TPSA) is 62.3 Å². The van der Waals surface area contributed by atoms with E-state index in [1.807, 2.05) is 43.5 Å². The molecule has 0 spiro atoms. The zero-order chi connectivity index (χ0) is 20.3. The molecule has 0 bridgehead atoms. The average molecular weight is 496 g/mol. The molecule has 0 aliphatic carbocycles. The summed E-state index contributed by atoms with van der Waals surface area (Å²) < 4.78 is 1.88. The summed E-state index contributed by atoms with van der Waals surface area (Å²) in [4.78, 5) is 32.3. The maximum Gasteiger partial charge on any atom is 0.264 e. The van der Waals surface area contributed by atoms with E-state index in [4.69, 9.17) is 0 Å². The van der Waals surface area contributed by atoms with Gasteiger partial charge in [-0.2, -0.15) is 0 Å². The van der Waals surface area contributed by atoms with Gasteiger partial charge in [-0.05, 0) is 65.7 Å². The Hall–Kier alpha value is -1.68. The Labute approximate surface area is 184 Å². The fourth-order valence-corrected chi connectivity index (χ4v) is 5.70. The van der Waals surface area contributed by atoms with E-state index in [-0.39, 0.29) is 18.4 Å². The van der Waals surface area contributed by atoms with Crippen LogP contribution in [0.15, 0.2) is 48.7 Å². The van der Waals surface area contributed by atoms with Gasteiger partial charge >= 0.3 is 0 Å². The monoisotopic (exact) mass is 495 g/mol. The fourth-order valence-electron chi connectivity index (χ4n) is 2.41. The first-order chi connectivity index (χ1) is 13.3. The third-order valence-electron chi connectivity index (χ3n) is 3.79. The first-order valence-corrected chi connectivity index (χ1v) is 11.6. The first-order valence-electron chi connectivity index (χ1n) is 8.33. The zero-order valence-electron chi connectivity index (χ0n) is 15.5. The van der Waals surface area contributed by atoms with E-state index in [0.29, 0.717) is 4.88 Å². The van der Waals surface area contributed by atoms with Crippen molar-refractivity contribution in [1.82, 2.24) is 9.88 Å². The Morgan fingerprint density at radius 3 is 2.64 bits per heavy atom. The first kappa shape index (κ1) is 21.0. The largest absolute Gasteiger partial charge is 0.332 e. The van der Waals surface area contributed by atoms with Crippen molar-refractivity contribution in [3.63, 3.8) is 0 Å². The van der Waals surface area contributed by atoms with Crippen molar-refractivity contribution < 1.29 is 9.59 Å². The number of amides is 2. The van der Waals surface area contributed by atoms with Crippen LogP contribution in [0.4, 0.5) is 5.69 Å². The predicted molar refractivity (Wildman–Crippen MR) is 120 cm³/mol. The second-order valence-corrected chi connectivity index (χ2v) is 10.8. The van der Waals surface area contributed by atoms with E-state index in [2.05, 4.69) is 26.2 Å². The number of benzene rings is 1. The number of thiazole rings is 1. The van der Waals surface area contributed by atoms with E-state index >= 15 is 0 Å². The van der Waals surface area contributed by atoms with Gasteiger partial charge in [-0.25, -0.2) is 4.98 Å². The molecular formula is C19H18BrN3O2S3. The molecule has 0 atom stereocenters. The third kappa shape index (κ3) is 5.44. The van der Waals surface area contributed by atoms with Crippen LogP contribution in [0.2, 0.25) is 0 Å². The molecule has 1 N–H and O–H groups in total. The van der Waals surface area contributed by atoms with Crippen molar-refractivity contribution in [1.29, 1.82) is 0 Å². The smallest absolute Gasteiger partial charge is 0.264 e. The van der Waals surface area contributed by atoms with Gasteiger partial charge in [0.05, 0.1) is 15.2 Å². The van der Waals surface area contributed by atoms with Crippen molar-refractivity contribution in [3.05, 3.63) is 55.6 Å². The number of aromatic nitrogens is 1. The number of thiophene rings is 1. The number of rotatable bonds is 6. The van der Waals surface area contributed by atoms with Crippen LogP contribution in [0.3, 0.4) is 0 Å². The van der Waals surface area contributed by atoms with Crippen LogP contribution in [-0.4, -0.2) is 35.3 Å². The molecule has 2 amide bonds. The number of halogens is 1. The van der Waals surface area contributed by atoms with E-state index in [0.717, 1.165) is 30.0 Å². The average Bonchev–Trinajstić information content (AvgIpc) is 3.25. The molecule has 5 nitrogen and oxygen atoms in total. The lowest BCUT2D eigenvalue weighted by Gasteiger charge is -2.16. The molecule has 2 heterocycles. The predicted octanol–water partition coefficient (Wildman–Crippen LogP) is 5.45. The van der Waals surface area contributed by atoms with E-state index in [1.54, 1.807) is 36.2 Å². The highest BCUT2D eigenvalue weighted by molar-refractivity contribution is 9.11. The molecule has 3 rings (SSSR count). The fraction of sp³-hybridized carbons (Fsp3) is 0.211. The van der Waals surface area contributed by atoms with Gasteiger partial charge in [0, 0.05) is 28.7 Å². The van der Waals surface area contributed by atoms with E-state index in [9.17, 15) is 9.59 Å². The maximum atomic E-state index is 12.4. The van der Waals surface area contributed by atoms with Gasteiger partial charge in [-0.15, -0.1) is 22.7 Å². The summed E-state index contributed by atoms with van der Waals surface area (Å²) in [6, 6.07) is 9.43. The Morgan fingerprint density at radius 1 is 1.25 bits per heavy atom. The highest BCUT2D eigenvalue weighted by Crippen LogP contribution is 2.32. The Morgan fingerprint density at radius 2 is 2.04 bits per heavy atom. The molecule has 28 heavy (non-hydrogen) atoms. The van der Waals surface area contributed by atoms with Gasteiger partial charge in [-0.1, -0.05) is 11.8 Å².